The Hall–Kier alpha value is -2.43. The third-order valence-corrected chi connectivity index (χ3v) is 7.05. The van der Waals surface area contributed by atoms with Crippen molar-refractivity contribution in [2.24, 2.45) is 0 Å². The highest BCUT2D eigenvalue weighted by Gasteiger charge is 2.43. The molecule has 0 bridgehead atoms. The molecule has 1 aromatic rings. The Morgan fingerprint density at radius 1 is 0.947 bits per heavy atom. The predicted molar refractivity (Wildman–Crippen MR) is 123 cm³/mol. The van der Waals surface area contributed by atoms with Crippen molar-refractivity contribution in [3.8, 4) is 0 Å². The summed E-state index contributed by atoms with van der Waals surface area (Å²) in [6, 6.07) is 5.33. The quantitative estimate of drug-likeness (QED) is 0.515. The highest BCUT2D eigenvalue weighted by molar-refractivity contribution is 7.09. The first-order chi connectivity index (χ1) is 17.7. The van der Waals surface area contributed by atoms with E-state index in [1.54, 1.807) is 0 Å². The van der Waals surface area contributed by atoms with Crippen LogP contribution in [0.4, 0.5) is 26.3 Å². The molecule has 1 aromatic heterocycles. The molecular weight excluding hydrogens is 548 g/mol. The number of alkyl halides is 6. The molecule has 2 atom stereocenters. The van der Waals surface area contributed by atoms with Crippen molar-refractivity contribution in [1.29, 1.82) is 0 Å². The van der Waals surface area contributed by atoms with Gasteiger partial charge in [-0.05, 0) is 24.3 Å². The zero-order valence-electron chi connectivity index (χ0n) is 20.2. The first kappa shape index (κ1) is 31.8. The lowest BCUT2D eigenvalue weighted by Gasteiger charge is -2.41. The smallest absolute Gasteiger partial charge is 0.475 e. The van der Waals surface area contributed by atoms with Crippen LogP contribution in [0.25, 0.3) is 0 Å². The number of nitrogens with zero attached hydrogens (tertiary/aromatic N) is 3. The molecule has 3 saturated heterocycles. The highest BCUT2D eigenvalue weighted by Crippen LogP contribution is 2.33. The Kier molecular flexibility index (Phi) is 11.8. The van der Waals surface area contributed by atoms with Crippen molar-refractivity contribution in [1.82, 2.24) is 14.7 Å². The molecule has 9 nitrogen and oxygen atoms in total. The molecule has 0 unspecified atom stereocenters. The van der Waals surface area contributed by atoms with E-state index in [0.717, 1.165) is 65.3 Å². The number of hydrogen-bond donors (Lipinski definition) is 2. The molecule has 3 aliphatic heterocycles. The minimum absolute atomic E-state index is 0.363. The standard InChI is InChI=1S/C18H27N3O2S.2C2HF3O2/c22-18-4-3-16-17(5-6-20(16)14-15-2-1-13-24-15)21(18)8-7-19-9-11-23-12-10-19;2*3-2(4,5)1(6)7/h1-2,13,16-17H,3-12,14H2;2*(H,6,7)/t16-,17-;;/m0../s1. The lowest BCUT2D eigenvalue weighted by molar-refractivity contribution is -0.193. The number of carbonyl (C=O) groups excluding carboxylic acids is 1. The molecule has 2 N–H and O–H groups in total. The fraction of sp³-hybridized carbons (Fsp3) is 0.682. The maximum absolute atomic E-state index is 12.5. The second-order valence-electron chi connectivity index (χ2n) is 8.66. The summed E-state index contributed by atoms with van der Waals surface area (Å²) in [5.74, 6) is -5.15. The van der Waals surface area contributed by atoms with E-state index >= 15 is 0 Å². The zero-order chi connectivity index (χ0) is 28.5. The molecule has 0 spiro atoms. The number of thiophene rings is 1. The SMILES string of the molecule is O=C(O)C(F)(F)F.O=C(O)C(F)(F)F.O=C1CC[C@H]2[C@H](CCN2Cc2cccs2)N1CCN1CCOCC1. The molecule has 0 aliphatic carbocycles. The first-order valence-corrected chi connectivity index (χ1v) is 12.5. The molecule has 1 amide bonds. The molecule has 4 rings (SSSR count). The van der Waals surface area contributed by atoms with Crippen LogP contribution in [0.1, 0.15) is 24.1 Å². The van der Waals surface area contributed by atoms with Gasteiger partial charge >= 0.3 is 24.3 Å². The highest BCUT2D eigenvalue weighted by atomic mass is 32.1. The van der Waals surface area contributed by atoms with Crippen LogP contribution in [-0.2, 0) is 25.7 Å². The Morgan fingerprint density at radius 3 is 2.03 bits per heavy atom. The number of amides is 1. The van der Waals surface area contributed by atoms with Crippen molar-refractivity contribution < 1.29 is 55.7 Å². The van der Waals surface area contributed by atoms with E-state index in [-0.39, 0.29) is 0 Å². The largest absolute Gasteiger partial charge is 0.490 e. The van der Waals surface area contributed by atoms with Gasteiger partial charge in [-0.25, -0.2) is 9.59 Å². The van der Waals surface area contributed by atoms with Crippen molar-refractivity contribution in [2.45, 2.75) is 50.2 Å². The minimum atomic E-state index is -5.08. The van der Waals surface area contributed by atoms with Crippen molar-refractivity contribution >= 4 is 29.2 Å². The number of carboxylic acid groups (broad SMARTS) is 2. The molecule has 0 radical (unpaired) electrons. The zero-order valence-corrected chi connectivity index (χ0v) is 21.0. The van der Waals surface area contributed by atoms with Gasteiger partial charge in [-0.2, -0.15) is 26.3 Å². The summed E-state index contributed by atoms with van der Waals surface area (Å²) >= 11 is 1.84. The van der Waals surface area contributed by atoms with Gasteiger partial charge in [0.05, 0.1) is 13.2 Å². The number of ether oxygens (including phenoxy) is 1. The van der Waals surface area contributed by atoms with Crippen LogP contribution in [0, 0.1) is 0 Å². The summed E-state index contributed by atoms with van der Waals surface area (Å²) in [4.78, 5) is 39.0. The second-order valence-corrected chi connectivity index (χ2v) is 9.69. The first-order valence-electron chi connectivity index (χ1n) is 11.7. The number of rotatable bonds is 5. The van der Waals surface area contributed by atoms with Gasteiger partial charge in [-0.15, -0.1) is 11.3 Å². The summed E-state index contributed by atoms with van der Waals surface area (Å²) in [6.07, 6.45) is -7.29. The molecule has 16 heteroatoms. The molecule has 0 saturated carbocycles. The van der Waals surface area contributed by atoms with Gasteiger partial charge in [0, 0.05) is 62.7 Å². The molecular formula is C22H29F6N3O6S. The van der Waals surface area contributed by atoms with Crippen molar-refractivity contribution in [3.05, 3.63) is 22.4 Å². The number of halogens is 6. The third kappa shape index (κ3) is 10.0. The fourth-order valence-electron chi connectivity index (χ4n) is 4.40. The van der Waals surface area contributed by atoms with Crippen LogP contribution in [0.15, 0.2) is 17.5 Å². The third-order valence-electron chi connectivity index (χ3n) is 6.18. The fourth-order valence-corrected chi connectivity index (χ4v) is 5.13. The Labute approximate surface area is 218 Å². The van der Waals surface area contributed by atoms with Gasteiger partial charge in [0.1, 0.15) is 0 Å². The number of aliphatic carboxylic acids is 2. The average molecular weight is 578 g/mol. The van der Waals surface area contributed by atoms with E-state index in [0.29, 0.717) is 24.4 Å². The number of likely N-dealkylation sites (tertiary alicyclic amines) is 2. The molecule has 4 heterocycles. The molecule has 3 fully saturated rings. The second kappa shape index (κ2) is 14.1. The topological polar surface area (TPSA) is 111 Å². The van der Waals surface area contributed by atoms with Gasteiger partial charge in [-0.3, -0.25) is 14.6 Å². The normalized spacial score (nSPS) is 22.6. The molecule has 38 heavy (non-hydrogen) atoms. The van der Waals surface area contributed by atoms with Crippen LogP contribution >= 0.6 is 11.3 Å². The molecule has 216 valence electrons. The monoisotopic (exact) mass is 577 g/mol. The van der Waals surface area contributed by atoms with Crippen LogP contribution in [0.5, 0.6) is 0 Å². The summed E-state index contributed by atoms with van der Waals surface area (Å²) in [5.41, 5.74) is 0. The van der Waals surface area contributed by atoms with Gasteiger partial charge in [0.2, 0.25) is 5.91 Å². The maximum Gasteiger partial charge on any atom is 0.490 e. The van der Waals surface area contributed by atoms with E-state index in [1.807, 2.05) is 11.3 Å². The Balaban J connectivity index is 0.000000301. The predicted octanol–water partition coefficient (Wildman–Crippen LogP) is 2.91. The van der Waals surface area contributed by atoms with Gasteiger partial charge in [0.15, 0.2) is 0 Å². The van der Waals surface area contributed by atoms with E-state index in [4.69, 9.17) is 24.5 Å². The van der Waals surface area contributed by atoms with E-state index < -0.39 is 24.3 Å². The number of fused-ring (bicyclic) bond motifs is 1. The van der Waals surface area contributed by atoms with Crippen LogP contribution in [0.3, 0.4) is 0 Å². The minimum Gasteiger partial charge on any atom is -0.475 e. The maximum atomic E-state index is 12.5. The summed E-state index contributed by atoms with van der Waals surface area (Å²) in [5, 5.41) is 16.4. The number of carbonyl (C=O) groups is 3. The summed E-state index contributed by atoms with van der Waals surface area (Å²) in [6.45, 7) is 7.69. The Bertz CT molecular complexity index is 884. The Morgan fingerprint density at radius 2 is 1.53 bits per heavy atom. The van der Waals surface area contributed by atoms with E-state index in [1.165, 1.54) is 4.88 Å². The summed E-state index contributed by atoms with van der Waals surface area (Å²) in [7, 11) is 0. The average Bonchev–Trinajstić information content (AvgIpc) is 3.49. The van der Waals surface area contributed by atoms with Crippen molar-refractivity contribution in [3.63, 3.8) is 0 Å². The van der Waals surface area contributed by atoms with Gasteiger partial charge in [0.25, 0.3) is 0 Å². The lowest BCUT2D eigenvalue weighted by atomic mass is 9.96. The van der Waals surface area contributed by atoms with Crippen LogP contribution in [-0.4, -0.2) is 113 Å². The van der Waals surface area contributed by atoms with E-state index in [9.17, 15) is 31.1 Å². The van der Waals surface area contributed by atoms with Gasteiger partial charge < -0.3 is 19.8 Å². The van der Waals surface area contributed by atoms with Gasteiger partial charge in [-0.1, -0.05) is 6.07 Å². The summed E-state index contributed by atoms with van der Waals surface area (Å²) < 4.78 is 68.9. The molecule has 0 aromatic carbocycles. The molecule has 3 aliphatic rings. The number of carboxylic acids is 2. The van der Waals surface area contributed by atoms with Crippen molar-refractivity contribution in [2.75, 3.05) is 45.9 Å². The van der Waals surface area contributed by atoms with Crippen LogP contribution < -0.4 is 0 Å². The van der Waals surface area contributed by atoms with Crippen LogP contribution in [0.2, 0.25) is 0 Å². The number of piperidine rings is 1. The van der Waals surface area contributed by atoms with E-state index in [2.05, 4.69) is 32.2 Å². The lowest BCUT2D eigenvalue weighted by Crippen LogP contribution is -2.54. The number of morpholine rings is 1. The number of hydrogen-bond acceptors (Lipinski definition) is 7.